The highest BCUT2D eigenvalue weighted by Gasteiger charge is 2.24. The zero-order valence-corrected chi connectivity index (χ0v) is 15.7. The van der Waals surface area contributed by atoms with Crippen molar-refractivity contribution >= 4 is 32.6 Å². The second kappa shape index (κ2) is 6.70. The van der Waals surface area contributed by atoms with Crippen LogP contribution in [-0.4, -0.2) is 25.7 Å². The molecule has 0 saturated heterocycles. The van der Waals surface area contributed by atoms with Crippen LogP contribution in [0.15, 0.2) is 40.8 Å². The number of hydrogen-bond donors (Lipinski definition) is 2. The van der Waals surface area contributed by atoms with Gasteiger partial charge in [0.2, 0.25) is 10.0 Å². The van der Waals surface area contributed by atoms with E-state index in [0.29, 0.717) is 22.2 Å². The number of carbonyl (C=O) groups is 1. The maximum Gasteiger partial charge on any atom is 0.340 e. The van der Waals surface area contributed by atoms with Crippen LogP contribution < -0.4 is 4.72 Å². The highest BCUT2D eigenvalue weighted by atomic mass is 32.2. The van der Waals surface area contributed by atoms with E-state index >= 15 is 0 Å². The Hall–Kier alpha value is -2.87. The first kappa shape index (κ1) is 18.9. The largest absolute Gasteiger partial charge is 0.478 e. The van der Waals surface area contributed by atoms with Crippen molar-refractivity contribution in [3.05, 3.63) is 53.3 Å². The summed E-state index contributed by atoms with van der Waals surface area (Å²) in [5, 5.41) is 10.1. The van der Waals surface area contributed by atoms with Crippen LogP contribution in [0.2, 0.25) is 0 Å². The van der Waals surface area contributed by atoms with E-state index in [9.17, 15) is 22.7 Å². The van der Waals surface area contributed by atoms with E-state index < -0.39 is 21.8 Å². The molecule has 0 aliphatic carbocycles. The molecule has 142 valence electrons. The van der Waals surface area contributed by atoms with Crippen LogP contribution in [0.4, 0.5) is 10.1 Å². The van der Waals surface area contributed by atoms with Crippen LogP contribution >= 0.6 is 0 Å². The van der Waals surface area contributed by atoms with Crippen molar-refractivity contribution in [3.63, 3.8) is 0 Å². The van der Waals surface area contributed by atoms with Crippen molar-refractivity contribution in [3.8, 4) is 11.3 Å². The van der Waals surface area contributed by atoms with Gasteiger partial charge in [0.15, 0.2) is 0 Å². The predicted octanol–water partition coefficient (Wildman–Crippen LogP) is 4.43. The summed E-state index contributed by atoms with van der Waals surface area (Å²) in [7, 11) is -3.53. The second-order valence-corrected chi connectivity index (χ2v) is 8.33. The normalized spacial score (nSPS) is 11.9. The molecule has 0 amide bonds. The molecule has 0 bridgehead atoms. The molecule has 0 fully saturated rings. The summed E-state index contributed by atoms with van der Waals surface area (Å²) in [6, 6.07) is 8.38. The summed E-state index contributed by atoms with van der Waals surface area (Å²) in [5.41, 5.74) is 1.55. The lowest BCUT2D eigenvalue weighted by Crippen LogP contribution is -2.11. The minimum absolute atomic E-state index is 0.0515. The fourth-order valence-corrected chi connectivity index (χ4v) is 3.52. The SMILES string of the molecule is CC(C)c1cc2c(C(=O)O)c(-c3ccc(F)cc3)oc2cc1NS(C)(=O)=O. The quantitative estimate of drug-likeness (QED) is 0.671. The van der Waals surface area contributed by atoms with E-state index in [2.05, 4.69) is 4.72 Å². The van der Waals surface area contributed by atoms with Crippen LogP contribution in [0.1, 0.15) is 35.7 Å². The smallest absolute Gasteiger partial charge is 0.340 e. The van der Waals surface area contributed by atoms with Crippen molar-refractivity contribution in [1.29, 1.82) is 0 Å². The third kappa shape index (κ3) is 3.80. The average Bonchev–Trinajstić information content (AvgIpc) is 2.91. The zero-order valence-electron chi connectivity index (χ0n) is 14.9. The molecule has 1 aromatic heterocycles. The molecule has 0 aliphatic rings. The minimum Gasteiger partial charge on any atom is -0.478 e. The molecule has 27 heavy (non-hydrogen) atoms. The number of benzene rings is 2. The van der Waals surface area contributed by atoms with Crippen LogP contribution in [-0.2, 0) is 10.0 Å². The van der Waals surface area contributed by atoms with Gasteiger partial charge in [-0.15, -0.1) is 0 Å². The molecule has 0 radical (unpaired) electrons. The molecule has 8 heteroatoms. The minimum atomic E-state index is -3.53. The van der Waals surface area contributed by atoms with Crippen molar-refractivity contribution < 1.29 is 27.1 Å². The van der Waals surface area contributed by atoms with E-state index in [0.717, 1.165) is 6.26 Å². The molecule has 0 spiro atoms. The lowest BCUT2D eigenvalue weighted by molar-refractivity contribution is 0.0699. The number of anilines is 1. The number of hydrogen-bond acceptors (Lipinski definition) is 4. The van der Waals surface area contributed by atoms with Crippen LogP contribution in [0, 0.1) is 5.82 Å². The van der Waals surface area contributed by atoms with Gasteiger partial charge >= 0.3 is 5.97 Å². The predicted molar refractivity (Wildman–Crippen MR) is 101 cm³/mol. The Kier molecular flexibility index (Phi) is 4.69. The third-order valence-corrected chi connectivity index (χ3v) is 4.69. The van der Waals surface area contributed by atoms with Gasteiger partial charge in [0.25, 0.3) is 0 Å². The zero-order chi connectivity index (χ0) is 19.9. The van der Waals surface area contributed by atoms with E-state index in [4.69, 9.17) is 4.42 Å². The maximum atomic E-state index is 13.2. The monoisotopic (exact) mass is 391 g/mol. The van der Waals surface area contributed by atoms with Crippen LogP contribution in [0.5, 0.6) is 0 Å². The molecule has 2 aromatic carbocycles. The van der Waals surface area contributed by atoms with E-state index in [1.54, 1.807) is 6.07 Å². The second-order valence-electron chi connectivity index (χ2n) is 6.58. The van der Waals surface area contributed by atoms with Gasteiger partial charge in [-0.05, 0) is 41.8 Å². The first-order valence-corrected chi connectivity index (χ1v) is 10.0. The standard InChI is InChI=1S/C19H18FNO5S/c1-10(2)13-8-14-16(9-15(13)21-27(3,24)25)26-18(17(14)19(22)23)11-4-6-12(20)7-5-11/h4-10,21H,1-3H3,(H,22,23). The summed E-state index contributed by atoms with van der Waals surface area (Å²) in [4.78, 5) is 11.9. The molecule has 0 atom stereocenters. The molecular formula is C19H18FNO5S. The Morgan fingerprint density at radius 3 is 2.33 bits per heavy atom. The van der Waals surface area contributed by atoms with E-state index in [1.807, 2.05) is 13.8 Å². The number of rotatable bonds is 5. The highest BCUT2D eigenvalue weighted by molar-refractivity contribution is 7.92. The number of carboxylic acids is 1. The van der Waals surface area contributed by atoms with Crippen LogP contribution in [0.3, 0.4) is 0 Å². The third-order valence-electron chi connectivity index (χ3n) is 4.10. The summed E-state index contributed by atoms with van der Waals surface area (Å²) >= 11 is 0. The van der Waals surface area contributed by atoms with Crippen molar-refractivity contribution in [2.45, 2.75) is 19.8 Å². The van der Waals surface area contributed by atoms with Crippen molar-refractivity contribution in [2.24, 2.45) is 0 Å². The van der Waals surface area contributed by atoms with Crippen molar-refractivity contribution in [2.75, 3.05) is 11.0 Å². The highest BCUT2D eigenvalue weighted by Crippen LogP contribution is 2.38. The van der Waals surface area contributed by atoms with Gasteiger partial charge in [-0.1, -0.05) is 13.8 Å². The number of fused-ring (bicyclic) bond motifs is 1. The Balaban J connectivity index is 2.32. The van der Waals surface area contributed by atoms with Gasteiger partial charge in [0, 0.05) is 17.0 Å². The summed E-state index contributed by atoms with van der Waals surface area (Å²) in [6.45, 7) is 3.74. The Labute approximate surface area is 155 Å². The molecule has 0 unspecified atom stereocenters. The molecule has 6 nitrogen and oxygen atoms in total. The number of carboxylic acid groups (broad SMARTS) is 1. The Bertz CT molecular complexity index is 1130. The first-order chi connectivity index (χ1) is 12.6. The lowest BCUT2D eigenvalue weighted by Gasteiger charge is -2.13. The fraction of sp³-hybridized carbons (Fsp3) is 0.211. The first-order valence-electron chi connectivity index (χ1n) is 8.14. The number of furan rings is 1. The van der Waals surface area contributed by atoms with E-state index in [-0.39, 0.29) is 22.8 Å². The van der Waals surface area contributed by atoms with Gasteiger partial charge in [0.05, 0.1) is 11.9 Å². The van der Waals surface area contributed by atoms with Gasteiger partial charge in [-0.25, -0.2) is 17.6 Å². The number of nitrogens with one attached hydrogen (secondary N) is 1. The van der Waals surface area contributed by atoms with Gasteiger partial charge < -0.3 is 9.52 Å². The molecular weight excluding hydrogens is 373 g/mol. The summed E-state index contributed by atoms with van der Waals surface area (Å²) < 4.78 is 44.7. The molecule has 1 heterocycles. The average molecular weight is 391 g/mol. The number of halogens is 1. The van der Waals surface area contributed by atoms with Gasteiger partial charge in [-0.2, -0.15) is 0 Å². The molecule has 0 aliphatic heterocycles. The van der Waals surface area contributed by atoms with E-state index in [1.165, 1.54) is 30.3 Å². The van der Waals surface area contributed by atoms with Gasteiger partial charge in [-0.3, -0.25) is 4.72 Å². The lowest BCUT2D eigenvalue weighted by atomic mass is 9.97. The number of sulfonamides is 1. The number of aromatic carboxylic acids is 1. The Morgan fingerprint density at radius 1 is 1.19 bits per heavy atom. The summed E-state index contributed by atoms with van der Waals surface area (Å²) in [6.07, 6.45) is 1.04. The van der Waals surface area contributed by atoms with Gasteiger partial charge in [0.1, 0.15) is 22.7 Å². The Morgan fingerprint density at radius 2 is 1.81 bits per heavy atom. The molecule has 3 rings (SSSR count). The van der Waals surface area contributed by atoms with Crippen LogP contribution in [0.25, 0.3) is 22.3 Å². The fourth-order valence-electron chi connectivity index (χ4n) is 2.94. The molecule has 3 aromatic rings. The summed E-state index contributed by atoms with van der Waals surface area (Å²) in [5.74, 6) is -1.62. The molecule has 2 N–H and O–H groups in total. The van der Waals surface area contributed by atoms with Crippen molar-refractivity contribution in [1.82, 2.24) is 0 Å². The topological polar surface area (TPSA) is 96.6 Å². The maximum absolute atomic E-state index is 13.2. The molecule has 0 saturated carbocycles.